The van der Waals surface area contributed by atoms with Gasteiger partial charge < -0.3 is 9.15 Å². The standard InChI is InChI=1S/C18H13N3O3S/c1-23-13-8-6-11(7-9-13)17-20-21-18(25-17)19-16(22)15-10-12-4-2-3-5-14(12)24-15/h2-10H,1H3,(H,19,21,22). The lowest BCUT2D eigenvalue weighted by Gasteiger charge is -1.99. The lowest BCUT2D eigenvalue weighted by molar-refractivity contribution is 0.0998. The summed E-state index contributed by atoms with van der Waals surface area (Å²) in [5.41, 5.74) is 1.58. The number of carbonyl (C=O) groups is 1. The van der Waals surface area contributed by atoms with Crippen LogP contribution < -0.4 is 10.1 Å². The van der Waals surface area contributed by atoms with Gasteiger partial charge in [0.15, 0.2) is 5.76 Å². The summed E-state index contributed by atoms with van der Waals surface area (Å²) >= 11 is 1.29. The molecule has 0 bridgehead atoms. The number of nitrogens with zero attached hydrogens (tertiary/aromatic N) is 2. The predicted molar refractivity (Wildman–Crippen MR) is 96.1 cm³/mol. The molecule has 1 N–H and O–H groups in total. The van der Waals surface area contributed by atoms with Gasteiger partial charge in [0, 0.05) is 10.9 Å². The van der Waals surface area contributed by atoms with Crippen molar-refractivity contribution in [1.29, 1.82) is 0 Å². The minimum atomic E-state index is -0.353. The van der Waals surface area contributed by atoms with Gasteiger partial charge in [-0.3, -0.25) is 10.1 Å². The Morgan fingerprint density at radius 3 is 2.68 bits per heavy atom. The van der Waals surface area contributed by atoms with Gasteiger partial charge in [0.2, 0.25) is 5.13 Å². The molecule has 0 aliphatic heterocycles. The van der Waals surface area contributed by atoms with Gasteiger partial charge in [0.25, 0.3) is 5.91 Å². The molecular weight excluding hydrogens is 338 g/mol. The molecule has 0 saturated heterocycles. The minimum absolute atomic E-state index is 0.238. The van der Waals surface area contributed by atoms with Gasteiger partial charge in [-0.1, -0.05) is 29.5 Å². The number of aromatic nitrogens is 2. The number of furan rings is 1. The van der Waals surface area contributed by atoms with E-state index in [9.17, 15) is 4.79 Å². The van der Waals surface area contributed by atoms with E-state index in [4.69, 9.17) is 9.15 Å². The summed E-state index contributed by atoms with van der Waals surface area (Å²) in [6, 6.07) is 16.7. The quantitative estimate of drug-likeness (QED) is 0.596. The van der Waals surface area contributed by atoms with Crippen LogP contribution in [0.4, 0.5) is 5.13 Å². The molecular formula is C18H13N3O3S. The Labute approximate surface area is 147 Å². The van der Waals surface area contributed by atoms with E-state index >= 15 is 0 Å². The Bertz CT molecular complexity index is 1000. The molecule has 1 amide bonds. The molecule has 6 nitrogen and oxygen atoms in total. The Morgan fingerprint density at radius 2 is 1.92 bits per heavy atom. The van der Waals surface area contributed by atoms with Gasteiger partial charge in [0.1, 0.15) is 16.3 Å². The number of fused-ring (bicyclic) bond motifs is 1. The molecule has 25 heavy (non-hydrogen) atoms. The topological polar surface area (TPSA) is 77.3 Å². The molecule has 4 rings (SSSR count). The monoisotopic (exact) mass is 351 g/mol. The summed E-state index contributed by atoms with van der Waals surface area (Å²) in [7, 11) is 1.62. The first-order valence-electron chi connectivity index (χ1n) is 7.51. The van der Waals surface area contributed by atoms with Crippen molar-refractivity contribution in [2.75, 3.05) is 12.4 Å². The van der Waals surface area contributed by atoms with Gasteiger partial charge in [-0.25, -0.2) is 0 Å². The average molecular weight is 351 g/mol. The molecule has 4 aromatic rings. The number of rotatable bonds is 4. The highest BCUT2D eigenvalue weighted by Crippen LogP contribution is 2.28. The highest BCUT2D eigenvalue weighted by molar-refractivity contribution is 7.18. The van der Waals surface area contributed by atoms with Crippen molar-refractivity contribution in [3.63, 3.8) is 0 Å². The summed E-state index contributed by atoms with van der Waals surface area (Å²) in [4.78, 5) is 12.3. The van der Waals surface area contributed by atoms with Crippen LogP contribution in [0, 0.1) is 0 Å². The normalized spacial score (nSPS) is 10.8. The number of amides is 1. The van der Waals surface area contributed by atoms with Crippen LogP contribution in [0.2, 0.25) is 0 Å². The van der Waals surface area contributed by atoms with E-state index in [1.165, 1.54) is 11.3 Å². The van der Waals surface area contributed by atoms with Crippen LogP contribution in [0.3, 0.4) is 0 Å². The predicted octanol–water partition coefficient (Wildman–Crippen LogP) is 4.21. The second-order valence-corrected chi connectivity index (χ2v) is 6.22. The largest absolute Gasteiger partial charge is 0.497 e. The van der Waals surface area contributed by atoms with Gasteiger partial charge in [-0.2, -0.15) is 0 Å². The Kier molecular flexibility index (Phi) is 3.91. The van der Waals surface area contributed by atoms with Crippen molar-refractivity contribution in [3.8, 4) is 16.3 Å². The van der Waals surface area contributed by atoms with E-state index < -0.39 is 0 Å². The van der Waals surface area contributed by atoms with E-state index in [1.807, 2.05) is 48.5 Å². The van der Waals surface area contributed by atoms with Gasteiger partial charge >= 0.3 is 0 Å². The smallest absolute Gasteiger partial charge is 0.293 e. The minimum Gasteiger partial charge on any atom is -0.497 e. The second kappa shape index (κ2) is 6.37. The highest BCUT2D eigenvalue weighted by atomic mass is 32.1. The van der Waals surface area contributed by atoms with E-state index in [1.54, 1.807) is 13.2 Å². The van der Waals surface area contributed by atoms with Crippen LogP contribution in [0.15, 0.2) is 59.0 Å². The average Bonchev–Trinajstić information content (AvgIpc) is 3.28. The van der Waals surface area contributed by atoms with Crippen molar-refractivity contribution >= 4 is 33.3 Å². The number of hydrogen-bond donors (Lipinski definition) is 1. The number of anilines is 1. The number of carbonyl (C=O) groups excluding carboxylic acids is 1. The maximum atomic E-state index is 12.3. The van der Waals surface area contributed by atoms with E-state index in [-0.39, 0.29) is 11.7 Å². The van der Waals surface area contributed by atoms with Crippen LogP contribution in [0.25, 0.3) is 21.5 Å². The number of para-hydroxylation sites is 1. The van der Waals surface area contributed by atoms with Gasteiger partial charge in [-0.05, 0) is 36.4 Å². The number of benzene rings is 2. The molecule has 0 aliphatic rings. The maximum absolute atomic E-state index is 12.3. The molecule has 7 heteroatoms. The van der Waals surface area contributed by atoms with E-state index in [0.717, 1.165) is 16.7 Å². The Balaban J connectivity index is 1.52. The van der Waals surface area contributed by atoms with Crippen LogP contribution >= 0.6 is 11.3 Å². The van der Waals surface area contributed by atoms with Crippen LogP contribution in [-0.4, -0.2) is 23.2 Å². The summed E-state index contributed by atoms with van der Waals surface area (Å²) in [5.74, 6) is 0.655. The fourth-order valence-electron chi connectivity index (χ4n) is 2.38. The molecule has 0 unspecified atom stereocenters. The van der Waals surface area contributed by atoms with Crippen molar-refractivity contribution < 1.29 is 13.9 Å². The van der Waals surface area contributed by atoms with Crippen molar-refractivity contribution in [1.82, 2.24) is 10.2 Å². The first-order valence-corrected chi connectivity index (χ1v) is 8.32. The molecule has 0 atom stereocenters. The van der Waals surface area contributed by atoms with Crippen molar-refractivity contribution in [3.05, 3.63) is 60.4 Å². The zero-order valence-corrected chi connectivity index (χ0v) is 14.0. The third-order valence-electron chi connectivity index (χ3n) is 3.63. The molecule has 0 aliphatic carbocycles. The van der Waals surface area contributed by atoms with Crippen LogP contribution in [0.5, 0.6) is 5.75 Å². The van der Waals surface area contributed by atoms with E-state index in [2.05, 4.69) is 15.5 Å². The molecule has 2 aromatic heterocycles. The maximum Gasteiger partial charge on any atom is 0.293 e. The zero-order chi connectivity index (χ0) is 17.2. The fourth-order valence-corrected chi connectivity index (χ4v) is 3.12. The van der Waals surface area contributed by atoms with Gasteiger partial charge in [-0.15, -0.1) is 10.2 Å². The second-order valence-electron chi connectivity index (χ2n) is 5.24. The highest BCUT2D eigenvalue weighted by Gasteiger charge is 2.15. The fraction of sp³-hybridized carbons (Fsp3) is 0.0556. The third-order valence-corrected chi connectivity index (χ3v) is 4.52. The molecule has 0 radical (unpaired) electrons. The lowest BCUT2D eigenvalue weighted by Crippen LogP contribution is -2.10. The number of methoxy groups -OCH3 is 1. The Morgan fingerprint density at radius 1 is 1.12 bits per heavy atom. The Hall–Kier alpha value is -3.19. The third kappa shape index (κ3) is 3.09. The molecule has 2 aromatic carbocycles. The van der Waals surface area contributed by atoms with Crippen LogP contribution in [-0.2, 0) is 0 Å². The molecule has 0 spiro atoms. The first kappa shape index (κ1) is 15.3. The van der Waals surface area contributed by atoms with Crippen molar-refractivity contribution in [2.24, 2.45) is 0 Å². The van der Waals surface area contributed by atoms with E-state index in [0.29, 0.717) is 15.7 Å². The summed E-state index contributed by atoms with van der Waals surface area (Å²) in [6.45, 7) is 0. The summed E-state index contributed by atoms with van der Waals surface area (Å²) in [6.07, 6.45) is 0. The first-order chi connectivity index (χ1) is 12.2. The SMILES string of the molecule is COc1ccc(-c2nnc(NC(=O)c3cc4ccccc4o3)s2)cc1. The summed E-state index contributed by atoms with van der Waals surface area (Å²) < 4.78 is 10.7. The van der Waals surface area contributed by atoms with Gasteiger partial charge in [0.05, 0.1) is 7.11 Å². The van der Waals surface area contributed by atoms with Crippen LogP contribution in [0.1, 0.15) is 10.6 Å². The van der Waals surface area contributed by atoms with Crippen molar-refractivity contribution in [2.45, 2.75) is 0 Å². The molecule has 0 saturated carbocycles. The summed E-state index contributed by atoms with van der Waals surface area (Å²) in [5, 5.41) is 12.9. The zero-order valence-electron chi connectivity index (χ0n) is 13.2. The molecule has 124 valence electrons. The molecule has 2 heterocycles. The number of hydrogen-bond acceptors (Lipinski definition) is 6. The lowest BCUT2D eigenvalue weighted by atomic mass is 10.2. The molecule has 0 fully saturated rings. The number of ether oxygens (including phenoxy) is 1. The number of nitrogens with one attached hydrogen (secondary N) is 1.